The first-order valence-electron chi connectivity index (χ1n) is 35.9. The highest BCUT2D eigenvalue weighted by atomic mass is 28.4. The number of hydrogen-bond donors (Lipinski definition) is 5. The van der Waals surface area contributed by atoms with Crippen molar-refractivity contribution in [3.8, 4) is 34.1 Å². The van der Waals surface area contributed by atoms with Gasteiger partial charge in [0.25, 0.3) is 11.8 Å². The highest BCUT2D eigenvalue weighted by Crippen LogP contribution is 2.47. The lowest BCUT2D eigenvalue weighted by Gasteiger charge is -2.38. The van der Waals surface area contributed by atoms with E-state index in [0.29, 0.717) is 56.6 Å². The molecule has 5 aromatic rings. The Morgan fingerprint density at radius 2 is 1.13 bits per heavy atom. The molecule has 4 unspecified atom stereocenters. The van der Waals surface area contributed by atoms with Crippen molar-refractivity contribution in [2.75, 3.05) is 69.3 Å². The molecule has 0 spiro atoms. The third-order valence-corrected chi connectivity index (χ3v) is 29.3. The molecule has 0 radical (unpaired) electrons. The van der Waals surface area contributed by atoms with E-state index in [1.54, 1.807) is 60.0 Å². The summed E-state index contributed by atoms with van der Waals surface area (Å²) in [6.45, 7) is 34.9. The van der Waals surface area contributed by atoms with E-state index in [2.05, 4.69) is 95.6 Å². The van der Waals surface area contributed by atoms with Gasteiger partial charge in [0.05, 0.1) is 75.2 Å². The van der Waals surface area contributed by atoms with Gasteiger partial charge in [-0.3, -0.25) is 29.4 Å². The van der Waals surface area contributed by atoms with Crippen LogP contribution in [0.3, 0.4) is 0 Å². The van der Waals surface area contributed by atoms with Gasteiger partial charge in [-0.25, -0.2) is 14.4 Å². The Morgan fingerprint density at radius 3 is 1.63 bits per heavy atom. The van der Waals surface area contributed by atoms with Crippen molar-refractivity contribution in [2.24, 2.45) is 5.92 Å². The molecule has 0 bridgehead atoms. The van der Waals surface area contributed by atoms with Crippen LogP contribution in [0.4, 0.5) is 31.4 Å². The van der Waals surface area contributed by atoms with Crippen molar-refractivity contribution in [1.82, 2.24) is 20.4 Å². The predicted octanol–water partition coefficient (Wildman–Crippen LogP) is 16.0. The van der Waals surface area contributed by atoms with Gasteiger partial charge in [0.15, 0.2) is 39.6 Å². The molecule has 4 atom stereocenters. The first kappa shape index (κ1) is 81.2. The number of amides is 7. The van der Waals surface area contributed by atoms with E-state index in [-0.39, 0.29) is 112 Å². The molecule has 25 heteroatoms. The number of ether oxygens (including phenoxy) is 6. The highest BCUT2D eigenvalue weighted by Gasteiger charge is 2.43. The van der Waals surface area contributed by atoms with Gasteiger partial charge in [0.1, 0.15) is 25.3 Å². The lowest BCUT2D eigenvalue weighted by atomic mass is 9.95. The summed E-state index contributed by atoms with van der Waals surface area (Å²) in [6.07, 6.45) is 4.95. The largest absolute Gasteiger partial charge is 0.493 e. The zero-order chi connectivity index (χ0) is 76.9. The van der Waals surface area contributed by atoms with Crippen molar-refractivity contribution in [2.45, 2.75) is 181 Å². The van der Waals surface area contributed by atoms with Crippen LogP contribution in [0, 0.1) is 5.92 Å². The fraction of sp³-hybridized carbons (Fsp3) is 0.463. The number of rotatable bonds is 32. The molecule has 2 aliphatic heterocycles. The van der Waals surface area contributed by atoms with Crippen LogP contribution in [0.25, 0.3) is 11.1 Å². The summed E-state index contributed by atoms with van der Waals surface area (Å²) in [4.78, 5) is 101. The van der Waals surface area contributed by atoms with E-state index in [4.69, 9.17) is 37.3 Å². The minimum atomic E-state index is -2.23. The standard InChI is InChI=1S/C80H107N7O16Si2/c1-19-35-100-77(93)84-71(50(2)3)73(89)81-53(6)72(88)82-55-33-31-54(32-34-55)47-101-76(92)83-65-42-69(67(96-13)40-62(65)74(90)85-44-51(4)38-56(85)48-102-104(15,16)79(7,8)9)98-36-25-20-26-37-99-70-43-66(87(78(94)95)46-64-60-29-23-21-27-58(60)59-28-22-24-30-61(59)64)63(41-68(70)97-14)75(91)86-45-52(5)39-57(86)49-103-105(17,18)80(10,11)12/h19,21-24,27-34,40-45,50,53,56-57,64,71H,1,20,25-26,35-39,46-49H2,2-18H3,(H,81,89)(H,82,88)(H,83,92)(H,84,93)(H,94,95). The normalized spacial score (nSPS) is 15.7. The molecule has 566 valence electrons. The Labute approximate surface area is 620 Å². The van der Waals surface area contributed by atoms with E-state index in [1.165, 1.54) is 44.3 Å². The van der Waals surface area contributed by atoms with Crippen LogP contribution in [0.1, 0.15) is 152 Å². The lowest BCUT2D eigenvalue weighted by Crippen LogP contribution is -2.53. The number of carbonyl (C=O) groups is 7. The number of hydrogen-bond acceptors (Lipinski definition) is 15. The maximum Gasteiger partial charge on any atom is 0.411 e. The van der Waals surface area contributed by atoms with E-state index in [9.17, 15) is 33.9 Å². The minimum absolute atomic E-state index is 0.00365. The Hall–Kier alpha value is -9.44. The fourth-order valence-electron chi connectivity index (χ4n) is 12.2. The van der Waals surface area contributed by atoms with E-state index in [1.807, 2.05) is 74.8 Å². The van der Waals surface area contributed by atoms with Crippen LogP contribution in [-0.4, -0.2) is 151 Å². The van der Waals surface area contributed by atoms with Crippen LogP contribution in [0.5, 0.6) is 23.0 Å². The summed E-state index contributed by atoms with van der Waals surface area (Å²) >= 11 is 0. The van der Waals surface area contributed by atoms with E-state index in [0.717, 1.165) is 33.4 Å². The number of anilines is 3. The summed E-state index contributed by atoms with van der Waals surface area (Å²) in [5.41, 5.74) is 7.45. The molecule has 23 nitrogen and oxygen atoms in total. The van der Waals surface area contributed by atoms with Gasteiger partial charge in [0, 0.05) is 42.7 Å². The van der Waals surface area contributed by atoms with E-state index >= 15 is 4.79 Å². The van der Waals surface area contributed by atoms with E-state index < -0.39 is 70.6 Å². The molecule has 8 rings (SSSR count). The van der Waals surface area contributed by atoms with Crippen molar-refractivity contribution in [1.29, 1.82) is 0 Å². The Balaban J connectivity index is 0.974. The number of alkyl carbamates (subject to hydrolysis) is 1. The Bertz CT molecular complexity index is 4000. The third-order valence-electron chi connectivity index (χ3n) is 20.3. The number of nitrogens with zero attached hydrogens (tertiary/aromatic N) is 3. The molecule has 5 N–H and O–H groups in total. The van der Waals surface area contributed by atoms with Gasteiger partial charge in [0.2, 0.25) is 11.8 Å². The average molecular weight is 1480 g/mol. The van der Waals surface area contributed by atoms with Crippen LogP contribution >= 0.6 is 0 Å². The summed E-state index contributed by atoms with van der Waals surface area (Å²) in [7, 11) is -1.51. The number of fused-ring (bicyclic) bond motifs is 3. The van der Waals surface area contributed by atoms with Crippen molar-refractivity contribution < 1.29 is 75.9 Å². The molecule has 2 heterocycles. The second kappa shape index (κ2) is 35.1. The van der Waals surface area contributed by atoms with Gasteiger partial charge >= 0.3 is 18.3 Å². The van der Waals surface area contributed by atoms with Gasteiger partial charge in [-0.15, -0.1) is 0 Å². The number of nitrogens with one attached hydrogen (secondary N) is 4. The molecule has 3 aliphatic rings. The van der Waals surface area contributed by atoms with Gasteiger partial charge in [-0.2, -0.15) is 0 Å². The Morgan fingerprint density at radius 1 is 0.629 bits per heavy atom. The van der Waals surface area contributed by atoms with Gasteiger partial charge in [-0.1, -0.05) is 140 Å². The third kappa shape index (κ3) is 20.3. The first-order chi connectivity index (χ1) is 49.6. The average Bonchev–Trinajstić information content (AvgIpc) is 1.72. The monoisotopic (exact) mass is 1480 g/mol. The smallest absolute Gasteiger partial charge is 0.411 e. The highest BCUT2D eigenvalue weighted by molar-refractivity contribution is 6.74. The molecular formula is C80H107N7O16Si2. The molecule has 0 aromatic heterocycles. The molecular weight excluding hydrogens is 1370 g/mol. The molecule has 0 saturated carbocycles. The molecule has 0 saturated heterocycles. The number of carbonyl (C=O) groups excluding carboxylic acids is 6. The van der Waals surface area contributed by atoms with Gasteiger partial charge < -0.3 is 68.1 Å². The molecule has 5 aromatic carbocycles. The first-order valence-corrected chi connectivity index (χ1v) is 41.7. The second-order valence-electron chi connectivity index (χ2n) is 30.6. The lowest BCUT2D eigenvalue weighted by molar-refractivity contribution is -0.128. The predicted molar refractivity (Wildman–Crippen MR) is 413 cm³/mol. The summed E-state index contributed by atoms with van der Waals surface area (Å²) < 4.78 is 48.8. The maximum atomic E-state index is 15.3. The quantitative estimate of drug-likeness (QED) is 0.0152. The van der Waals surface area contributed by atoms with Crippen molar-refractivity contribution in [3.05, 3.63) is 161 Å². The number of carboxylic acid groups (broad SMARTS) is 1. The molecule has 1 aliphatic carbocycles. The van der Waals surface area contributed by atoms with Crippen molar-refractivity contribution >= 4 is 75.6 Å². The summed E-state index contributed by atoms with van der Waals surface area (Å²) in [5.74, 6) is -1.58. The maximum absolute atomic E-state index is 15.3. The van der Waals surface area contributed by atoms with Crippen LogP contribution < -0.4 is 45.1 Å². The number of benzene rings is 5. The van der Waals surface area contributed by atoms with Gasteiger partial charge in [-0.05, 0) is 147 Å². The van der Waals surface area contributed by atoms with Crippen LogP contribution in [0.15, 0.2) is 133 Å². The SMILES string of the molecule is C=CCOC(=O)NC(C(=O)NC(C)C(=O)Nc1ccc(COC(=O)Nc2cc(OCCCCCOc3cc(N(CC4c5ccccc5-c5ccccc54)C(=O)O)c(C(=O)N4C=C(C)CC4CO[Si](C)(C)C(C)(C)C)cc3OC)c(OC)cc2C(=O)N2C=C(C)CC2CO[Si](C)(C)C(C)(C)C)cc1)C(C)C. The second-order valence-corrected chi connectivity index (χ2v) is 40.2. The fourth-order valence-corrected chi connectivity index (χ4v) is 14.3. The summed E-state index contributed by atoms with van der Waals surface area (Å²) in [6, 6.07) is 26.2. The Kier molecular flexibility index (Phi) is 27.2. The zero-order valence-corrected chi connectivity index (χ0v) is 66.0. The zero-order valence-electron chi connectivity index (χ0n) is 64.0. The minimum Gasteiger partial charge on any atom is -0.493 e. The number of methoxy groups -OCH3 is 2. The van der Waals surface area contributed by atoms with Crippen molar-refractivity contribution in [3.63, 3.8) is 0 Å². The number of unbranched alkanes of at least 4 members (excludes halogenated alkanes) is 2. The van der Waals surface area contributed by atoms with Crippen LogP contribution in [0.2, 0.25) is 36.3 Å². The van der Waals surface area contributed by atoms with Crippen LogP contribution in [-0.2, 0) is 34.5 Å². The summed E-state index contributed by atoms with van der Waals surface area (Å²) in [5, 5.41) is 21.9. The molecule has 0 fully saturated rings. The molecule has 7 amide bonds. The molecule has 105 heavy (non-hydrogen) atoms. The topological polar surface area (TPSA) is 271 Å².